The minimum atomic E-state index is -0.652. The minimum absolute atomic E-state index is 0.331. The Morgan fingerprint density at radius 1 is 1.00 bits per heavy atom. The molecular formula is C18H17ClN2O4. The van der Waals surface area contributed by atoms with Gasteiger partial charge in [0.05, 0.1) is 5.56 Å². The van der Waals surface area contributed by atoms with Crippen LogP contribution in [0.15, 0.2) is 42.5 Å². The SMILES string of the molecule is Cc1ccc(C)c(C(=O)OCC(=O)NNC(=O)c2ccc(Cl)cc2)c1. The van der Waals surface area contributed by atoms with E-state index in [9.17, 15) is 14.4 Å². The van der Waals surface area contributed by atoms with E-state index < -0.39 is 24.4 Å². The number of hydrogen-bond acceptors (Lipinski definition) is 4. The van der Waals surface area contributed by atoms with Crippen LogP contribution in [0.4, 0.5) is 0 Å². The first kappa shape index (κ1) is 18.5. The van der Waals surface area contributed by atoms with Crippen LogP contribution in [-0.4, -0.2) is 24.4 Å². The molecule has 0 saturated carbocycles. The van der Waals surface area contributed by atoms with Crippen molar-refractivity contribution in [2.24, 2.45) is 0 Å². The summed E-state index contributed by atoms with van der Waals surface area (Å²) in [6.45, 7) is 3.13. The van der Waals surface area contributed by atoms with Crippen LogP contribution in [0.1, 0.15) is 31.8 Å². The van der Waals surface area contributed by atoms with Crippen LogP contribution in [-0.2, 0) is 9.53 Å². The molecule has 0 fully saturated rings. The van der Waals surface area contributed by atoms with Gasteiger partial charge in [-0.05, 0) is 49.7 Å². The smallest absolute Gasteiger partial charge is 0.338 e. The van der Waals surface area contributed by atoms with Crippen LogP contribution in [0.3, 0.4) is 0 Å². The number of hydrogen-bond donors (Lipinski definition) is 2. The minimum Gasteiger partial charge on any atom is -0.452 e. The molecule has 0 radical (unpaired) electrons. The van der Waals surface area contributed by atoms with Crippen LogP contribution in [0.5, 0.6) is 0 Å². The Hall–Kier alpha value is -2.86. The molecule has 7 heteroatoms. The second-order valence-corrected chi connectivity index (χ2v) is 5.84. The van der Waals surface area contributed by atoms with E-state index in [1.165, 1.54) is 12.1 Å². The molecule has 0 spiro atoms. The zero-order chi connectivity index (χ0) is 18.4. The molecule has 2 rings (SSSR count). The van der Waals surface area contributed by atoms with Crippen LogP contribution >= 0.6 is 11.6 Å². The standard InChI is InChI=1S/C18H17ClN2O4/c1-11-3-4-12(2)15(9-11)18(24)25-10-16(22)20-21-17(23)13-5-7-14(19)8-6-13/h3-9H,10H2,1-2H3,(H,20,22)(H,21,23). The van der Waals surface area contributed by atoms with Gasteiger partial charge in [-0.25, -0.2) is 4.79 Å². The molecule has 0 aromatic heterocycles. The van der Waals surface area contributed by atoms with E-state index >= 15 is 0 Å². The number of aryl methyl sites for hydroxylation is 2. The summed E-state index contributed by atoms with van der Waals surface area (Å²) in [6, 6.07) is 11.5. The van der Waals surface area contributed by atoms with Gasteiger partial charge < -0.3 is 4.74 Å². The third kappa shape index (κ3) is 5.32. The van der Waals surface area contributed by atoms with Gasteiger partial charge in [-0.1, -0.05) is 29.3 Å². The molecule has 0 unspecified atom stereocenters. The average Bonchev–Trinajstić information content (AvgIpc) is 2.60. The third-order valence-corrected chi connectivity index (χ3v) is 3.62. The maximum Gasteiger partial charge on any atom is 0.338 e. The fraction of sp³-hybridized carbons (Fsp3) is 0.167. The predicted molar refractivity (Wildman–Crippen MR) is 93.3 cm³/mol. The molecule has 0 bridgehead atoms. The number of rotatable bonds is 4. The van der Waals surface area contributed by atoms with Crippen molar-refractivity contribution >= 4 is 29.4 Å². The molecule has 6 nitrogen and oxygen atoms in total. The first-order valence-electron chi connectivity index (χ1n) is 7.46. The monoisotopic (exact) mass is 360 g/mol. The number of amides is 2. The molecule has 2 aromatic rings. The Labute approximate surface area is 150 Å². The molecule has 0 aliphatic rings. The summed E-state index contributed by atoms with van der Waals surface area (Å²) < 4.78 is 4.96. The van der Waals surface area contributed by atoms with E-state index in [4.69, 9.17) is 16.3 Å². The van der Waals surface area contributed by atoms with Crippen LogP contribution < -0.4 is 10.9 Å². The number of benzene rings is 2. The zero-order valence-electron chi connectivity index (χ0n) is 13.8. The van der Waals surface area contributed by atoms with Crippen molar-refractivity contribution in [2.75, 3.05) is 6.61 Å². The van der Waals surface area contributed by atoms with Crippen molar-refractivity contribution < 1.29 is 19.1 Å². The average molecular weight is 361 g/mol. The van der Waals surface area contributed by atoms with Gasteiger partial charge in [-0.15, -0.1) is 0 Å². The van der Waals surface area contributed by atoms with Crippen molar-refractivity contribution in [3.05, 3.63) is 69.7 Å². The van der Waals surface area contributed by atoms with Crippen molar-refractivity contribution in [3.8, 4) is 0 Å². The van der Waals surface area contributed by atoms with E-state index in [-0.39, 0.29) is 0 Å². The van der Waals surface area contributed by atoms with Crippen LogP contribution in [0.25, 0.3) is 0 Å². The highest BCUT2D eigenvalue weighted by Gasteiger charge is 2.13. The first-order valence-corrected chi connectivity index (χ1v) is 7.84. The second-order valence-electron chi connectivity index (χ2n) is 5.40. The second kappa shape index (κ2) is 8.30. The van der Waals surface area contributed by atoms with Gasteiger partial charge in [-0.3, -0.25) is 20.4 Å². The lowest BCUT2D eigenvalue weighted by Crippen LogP contribution is -2.43. The molecule has 2 amide bonds. The lowest BCUT2D eigenvalue weighted by atomic mass is 10.1. The van der Waals surface area contributed by atoms with Gasteiger partial charge >= 0.3 is 5.97 Å². The first-order chi connectivity index (χ1) is 11.9. The molecule has 25 heavy (non-hydrogen) atoms. The van der Waals surface area contributed by atoms with Gasteiger partial charge in [-0.2, -0.15) is 0 Å². The molecule has 0 heterocycles. The predicted octanol–water partition coefficient (Wildman–Crippen LogP) is 2.57. The van der Waals surface area contributed by atoms with Gasteiger partial charge in [0.25, 0.3) is 11.8 Å². The number of halogens is 1. The van der Waals surface area contributed by atoms with Gasteiger partial charge in [0.15, 0.2) is 6.61 Å². The summed E-state index contributed by atoms with van der Waals surface area (Å²) in [6.07, 6.45) is 0. The van der Waals surface area contributed by atoms with E-state index in [2.05, 4.69) is 10.9 Å². The Kier molecular flexibility index (Phi) is 6.14. The normalized spacial score (nSPS) is 10.0. The summed E-state index contributed by atoms with van der Waals surface area (Å²) in [4.78, 5) is 35.5. The van der Waals surface area contributed by atoms with Crippen molar-refractivity contribution in [1.82, 2.24) is 10.9 Å². The number of nitrogens with one attached hydrogen (secondary N) is 2. The van der Waals surface area contributed by atoms with Crippen molar-refractivity contribution in [2.45, 2.75) is 13.8 Å². The number of hydrazine groups is 1. The quantitative estimate of drug-likeness (QED) is 0.648. The number of carbonyl (C=O) groups is 3. The topological polar surface area (TPSA) is 84.5 Å². The Morgan fingerprint density at radius 2 is 1.68 bits per heavy atom. The summed E-state index contributed by atoms with van der Waals surface area (Å²) in [7, 11) is 0. The van der Waals surface area contributed by atoms with E-state index in [1.54, 1.807) is 31.2 Å². The fourth-order valence-corrected chi connectivity index (χ4v) is 2.13. The van der Waals surface area contributed by atoms with Gasteiger partial charge in [0.1, 0.15) is 0 Å². The largest absolute Gasteiger partial charge is 0.452 e. The molecule has 0 saturated heterocycles. The lowest BCUT2D eigenvalue weighted by Gasteiger charge is -2.09. The molecule has 2 N–H and O–H groups in total. The summed E-state index contributed by atoms with van der Waals surface area (Å²) in [5, 5.41) is 0.499. The highest BCUT2D eigenvalue weighted by Crippen LogP contribution is 2.12. The zero-order valence-corrected chi connectivity index (χ0v) is 14.5. The maximum absolute atomic E-state index is 12.0. The molecule has 0 aliphatic heterocycles. The number of esters is 1. The summed E-state index contributed by atoms with van der Waals surface area (Å²) in [5.41, 5.74) is 6.81. The third-order valence-electron chi connectivity index (χ3n) is 3.37. The molecule has 0 aliphatic carbocycles. The van der Waals surface area contributed by atoms with Gasteiger partial charge in [0.2, 0.25) is 0 Å². The number of carbonyl (C=O) groups excluding carboxylic acids is 3. The maximum atomic E-state index is 12.0. The highest BCUT2D eigenvalue weighted by atomic mass is 35.5. The van der Waals surface area contributed by atoms with Crippen molar-refractivity contribution in [1.29, 1.82) is 0 Å². The summed E-state index contributed by atoms with van der Waals surface area (Å²) >= 11 is 5.74. The van der Waals surface area contributed by atoms with Crippen LogP contribution in [0.2, 0.25) is 5.02 Å². The number of ether oxygens (including phenoxy) is 1. The highest BCUT2D eigenvalue weighted by molar-refractivity contribution is 6.30. The fourth-order valence-electron chi connectivity index (χ4n) is 2.00. The molecule has 130 valence electrons. The Balaban J connectivity index is 1.82. The Morgan fingerprint density at radius 3 is 2.36 bits per heavy atom. The lowest BCUT2D eigenvalue weighted by molar-refractivity contribution is -0.125. The Bertz CT molecular complexity index is 803. The van der Waals surface area contributed by atoms with Gasteiger partial charge in [0, 0.05) is 10.6 Å². The molecule has 0 atom stereocenters. The molecule has 2 aromatic carbocycles. The van der Waals surface area contributed by atoms with Crippen LogP contribution in [0, 0.1) is 13.8 Å². The van der Waals surface area contributed by atoms with E-state index in [0.29, 0.717) is 16.1 Å². The van der Waals surface area contributed by atoms with Crippen molar-refractivity contribution in [3.63, 3.8) is 0 Å². The van der Waals surface area contributed by atoms with E-state index in [0.717, 1.165) is 11.1 Å². The molecular weight excluding hydrogens is 344 g/mol. The summed E-state index contributed by atoms with van der Waals surface area (Å²) in [5.74, 6) is -1.76. The van der Waals surface area contributed by atoms with E-state index in [1.807, 2.05) is 13.0 Å².